The number of hydrogen-bond donors (Lipinski definition) is 1. The molecule has 1 saturated carbocycles. The van der Waals surface area contributed by atoms with Crippen LogP contribution in [-0.4, -0.2) is 53.1 Å². The number of rotatable bonds is 5. The van der Waals surface area contributed by atoms with E-state index in [-0.39, 0.29) is 12.5 Å². The highest BCUT2D eigenvalue weighted by Crippen LogP contribution is 2.30. The summed E-state index contributed by atoms with van der Waals surface area (Å²) in [4.78, 5) is 16.1. The van der Waals surface area contributed by atoms with Crippen LogP contribution in [0.15, 0.2) is 30.3 Å². The lowest BCUT2D eigenvalue weighted by molar-refractivity contribution is -0.138. The van der Waals surface area contributed by atoms with Gasteiger partial charge in [0.05, 0.1) is 6.42 Å². The molecule has 4 heteroatoms. The molecule has 0 aromatic heterocycles. The summed E-state index contributed by atoms with van der Waals surface area (Å²) in [5.41, 5.74) is 1.12. The average Bonchev–Trinajstić information content (AvgIpc) is 3.30. The smallest absolute Gasteiger partial charge is 0.305 e. The monoisotopic (exact) mass is 274 g/mol. The Morgan fingerprint density at radius 3 is 2.35 bits per heavy atom. The van der Waals surface area contributed by atoms with E-state index < -0.39 is 5.97 Å². The summed E-state index contributed by atoms with van der Waals surface area (Å²) in [6.45, 7) is 4.11. The molecule has 1 heterocycles. The zero-order valence-corrected chi connectivity index (χ0v) is 11.7. The van der Waals surface area contributed by atoms with Crippen molar-refractivity contribution in [3.8, 4) is 0 Å². The van der Waals surface area contributed by atoms with Gasteiger partial charge in [-0.2, -0.15) is 0 Å². The van der Waals surface area contributed by atoms with Crippen molar-refractivity contribution >= 4 is 5.97 Å². The molecule has 1 aliphatic carbocycles. The van der Waals surface area contributed by atoms with Gasteiger partial charge in [-0.05, 0) is 18.4 Å². The van der Waals surface area contributed by atoms with Gasteiger partial charge in [-0.15, -0.1) is 0 Å². The van der Waals surface area contributed by atoms with Crippen molar-refractivity contribution < 1.29 is 9.90 Å². The second kappa shape index (κ2) is 5.94. The van der Waals surface area contributed by atoms with Gasteiger partial charge in [-0.1, -0.05) is 30.3 Å². The van der Waals surface area contributed by atoms with Crippen LogP contribution in [0.25, 0.3) is 0 Å². The largest absolute Gasteiger partial charge is 0.481 e. The van der Waals surface area contributed by atoms with Gasteiger partial charge in [0.25, 0.3) is 0 Å². The lowest BCUT2D eigenvalue weighted by Gasteiger charge is -2.39. The van der Waals surface area contributed by atoms with Crippen LogP contribution in [0.1, 0.15) is 30.9 Å². The predicted octanol–water partition coefficient (Wildman–Crippen LogP) is 1.98. The molecule has 0 bridgehead atoms. The topological polar surface area (TPSA) is 43.8 Å². The molecule has 4 nitrogen and oxygen atoms in total. The van der Waals surface area contributed by atoms with E-state index in [1.807, 2.05) is 30.3 Å². The van der Waals surface area contributed by atoms with Gasteiger partial charge in [0.15, 0.2) is 0 Å². The van der Waals surface area contributed by atoms with Crippen molar-refractivity contribution in [2.24, 2.45) is 0 Å². The summed E-state index contributed by atoms with van der Waals surface area (Å²) in [5.74, 6) is -0.719. The van der Waals surface area contributed by atoms with Gasteiger partial charge in [0.2, 0.25) is 0 Å². The summed E-state index contributed by atoms with van der Waals surface area (Å²) in [6, 6.07) is 10.9. The highest BCUT2D eigenvalue weighted by Gasteiger charge is 2.33. The van der Waals surface area contributed by atoms with Crippen molar-refractivity contribution in [3.63, 3.8) is 0 Å². The quantitative estimate of drug-likeness (QED) is 0.891. The Hall–Kier alpha value is -1.39. The van der Waals surface area contributed by atoms with Gasteiger partial charge in [0, 0.05) is 38.3 Å². The maximum atomic E-state index is 11.2. The summed E-state index contributed by atoms with van der Waals surface area (Å²) < 4.78 is 0. The molecule has 20 heavy (non-hydrogen) atoms. The van der Waals surface area contributed by atoms with Gasteiger partial charge >= 0.3 is 5.97 Å². The minimum atomic E-state index is -0.719. The first-order valence-electron chi connectivity index (χ1n) is 7.49. The van der Waals surface area contributed by atoms with E-state index in [4.69, 9.17) is 0 Å². The Balaban J connectivity index is 1.68. The third-order valence-corrected chi connectivity index (χ3v) is 4.41. The molecule has 0 spiro atoms. The third-order valence-electron chi connectivity index (χ3n) is 4.41. The number of aliphatic carboxylic acids is 1. The van der Waals surface area contributed by atoms with E-state index in [9.17, 15) is 9.90 Å². The van der Waals surface area contributed by atoms with Crippen LogP contribution < -0.4 is 0 Å². The highest BCUT2D eigenvalue weighted by molar-refractivity contribution is 5.68. The molecule has 1 N–H and O–H groups in total. The Labute approximate surface area is 120 Å². The number of carboxylic acid groups (broad SMARTS) is 1. The van der Waals surface area contributed by atoms with Gasteiger partial charge in [-0.25, -0.2) is 0 Å². The lowest BCUT2D eigenvalue weighted by atomic mass is 10.0. The molecule has 1 aromatic carbocycles. The van der Waals surface area contributed by atoms with Crippen LogP contribution in [0.4, 0.5) is 0 Å². The molecule has 3 rings (SSSR count). The number of hydrogen-bond acceptors (Lipinski definition) is 3. The van der Waals surface area contributed by atoms with Crippen molar-refractivity contribution in [1.29, 1.82) is 0 Å². The summed E-state index contributed by atoms with van der Waals surface area (Å²) >= 11 is 0. The fourth-order valence-corrected chi connectivity index (χ4v) is 3.15. The number of carbonyl (C=O) groups is 1. The SMILES string of the molecule is O=C(O)CC(c1ccccc1)N1CCN(C2CC2)CC1. The lowest BCUT2D eigenvalue weighted by Crippen LogP contribution is -2.48. The molecular formula is C16H22N2O2. The van der Waals surface area contributed by atoms with Gasteiger partial charge in [-0.3, -0.25) is 14.6 Å². The van der Waals surface area contributed by atoms with E-state index in [0.717, 1.165) is 37.8 Å². The summed E-state index contributed by atoms with van der Waals surface area (Å²) in [5, 5.41) is 9.19. The van der Waals surface area contributed by atoms with E-state index >= 15 is 0 Å². The molecule has 2 aliphatic rings. The first kappa shape index (κ1) is 13.6. The second-order valence-corrected chi connectivity index (χ2v) is 5.83. The van der Waals surface area contributed by atoms with Crippen LogP contribution in [-0.2, 0) is 4.79 Å². The Kier molecular flexibility index (Phi) is 4.03. The maximum absolute atomic E-state index is 11.2. The zero-order valence-electron chi connectivity index (χ0n) is 11.7. The van der Waals surface area contributed by atoms with E-state index in [1.54, 1.807) is 0 Å². The molecule has 0 radical (unpaired) electrons. The minimum absolute atomic E-state index is 0.00931. The molecule has 108 valence electrons. The van der Waals surface area contributed by atoms with Crippen molar-refractivity contribution in [2.75, 3.05) is 26.2 Å². The van der Waals surface area contributed by atoms with Crippen molar-refractivity contribution in [1.82, 2.24) is 9.80 Å². The first-order chi connectivity index (χ1) is 9.74. The molecule has 1 aliphatic heterocycles. The van der Waals surface area contributed by atoms with Crippen molar-refractivity contribution in [3.05, 3.63) is 35.9 Å². The van der Waals surface area contributed by atoms with E-state index in [1.165, 1.54) is 12.8 Å². The molecule has 1 unspecified atom stereocenters. The maximum Gasteiger partial charge on any atom is 0.305 e. The number of benzene rings is 1. The molecular weight excluding hydrogens is 252 g/mol. The van der Waals surface area contributed by atoms with Crippen LogP contribution in [0, 0.1) is 0 Å². The van der Waals surface area contributed by atoms with Crippen LogP contribution in [0.3, 0.4) is 0 Å². The van der Waals surface area contributed by atoms with Crippen LogP contribution >= 0.6 is 0 Å². The minimum Gasteiger partial charge on any atom is -0.481 e. The fourth-order valence-electron chi connectivity index (χ4n) is 3.15. The molecule has 0 amide bonds. The summed E-state index contributed by atoms with van der Waals surface area (Å²) in [6.07, 6.45) is 2.88. The Morgan fingerprint density at radius 2 is 1.80 bits per heavy atom. The average molecular weight is 274 g/mol. The Bertz CT molecular complexity index is 451. The predicted molar refractivity (Wildman–Crippen MR) is 77.6 cm³/mol. The highest BCUT2D eigenvalue weighted by atomic mass is 16.4. The second-order valence-electron chi connectivity index (χ2n) is 5.83. The van der Waals surface area contributed by atoms with E-state index in [2.05, 4.69) is 9.80 Å². The number of carboxylic acids is 1. The molecule has 1 atom stereocenters. The Morgan fingerprint density at radius 1 is 1.15 bits per heavy atom. The first-order valence-corrected chi connectivity index (χ1v) is 7.49. The van der Waals surface area contributed by atoms with Gasteiger partial charge < -0.3 is 5.11 Å². The normalized spacial score (nSPS) is 22.6. The summed E-state index contributed by atoms with van der Waals surface area (Å²) in [7, 11) is 0. The molecule has 1 saturated heterocycles. The van der Waals surface area contributed by atoms with Crippen molar-refractivity contribution in [2.45, 2.75) is 31.3 Å². The zero-order chi connectivity index (χ0) is 13.9. The fraction of sp³-hybridized carbons (Fsp3) is 0.562. The number of piperazine rings is 1. The molecule has 2 fully saturated rings. The number of nitrogens with zero attached hydrogens (tertiary/aromatic N) is 2. The van der Waals surface area contributed by atoms with Crippen LogP contribution in [0.5, 0.6) is 0 Å². The standard InChI is InChI=1S/C16H22N2O2/c19-16(20)12-15(13-4-2-1-3-5-13)18-10-8-17(9-11-18)14-6-7-14/h1-5,14-15H,6-12H2,(H,19,20). The van der Waals surface area contributed by atoms with Crippen LogP contribution in [0.2, 0.25) is 0 Å². The molecule has 1 aromatic rings. The third kappa shape index (κ3) is 3.19. The van der Waals surface area contributed by atoms with Gasteiger partial charge in [0.1, 0.15) is 0 Å². The van der Waals surface area contributed by atoms with E-state index in [0.29, 0.717) is 0 Å².